The predicted octanol–water partition coefficient (Wildman–Crippen LogP) is 2.91. The standard InChI is InChI=1S/C18H21N3O3/c1-4-20(11-16-12(3)8-9-24-16)17(22)13-6-7-14-15(10-13)21(5-2)18(23)19-14/h6-10H,4-5,11H2,1-3H3,(H,19,23). The first kappa shape index (κ1) is 16.1. The highest BCUT2D eigenvalue weighted by molar-refractivity contribution is 5.97. The highest BCUT2D eigenvalue weighted by atomic mass is 16.3. The third-order valence-electron chi connectivity index (χ3n) is 4.31. The summed E-state index contributed by atoms with van der Waals surface area (Å²) in [5.74, 6) is 0.713. The van der Waals surface area contributed by atoms with Crippen molar-refractivity contribution in [1.82, 2.24) is 14.5 Å². The number of nitrogens with one attached hydrogen (secondary N) is 1. The molecule has 2 aromatic heterocycles. The Morgan fingerprint density at radius 3 is 2.71 bits per heavy atom. The van der Waals surface area contributed by atoms with Gasteiger partial charge in [-0.1, -0.05) is 0 Å². The Morgan fingerprint density at radius 2 is 2.08 bits per heavy atom. The Balaban J connectivity index is 1.94. The van der Waals surface area contributed by atoms with Gasteiger partial charge in [-0.3, -0.25) is 9.36 Å². The summed E-state index contributed by atoms with van der Waals surface area (Å²) in [6.45, 7) is 7.36. The van der Waals surface area contributed by atoms with Gasteiger partial charge in [0.25, 0.3) is 5.91 Å². The molecule has 0 fully saturated rings. The van der Waals surface area contributed by atoms with Gasteiger partial charge in [0.15, 0.2) is 0 Å². The maximum atomic E-state index is 12.9. The largest absolute Gasteiger partial charge is 0.467 e. The number of aromatic amines is 1. The first-order chi connectivity index (χ1) is 11.5. The van der Waals surface area contributed by atoms with E-state index in [0.29, 0.717) is 25.2 Å². The van der Waals surface area contributed by atoms with Gasteiger partial charge in [-0.15, -0.1) is 0 Å². The molecule has 0 saturated carbocycles. The Morgan fingerprint density at radius 1 is 1.29 bits per heavy atom. The molecule has 0 aliphatic carbocycles. The average molecular weight is 327 g/mol. The fourth-order valence-electron chi connectivity index (χ4n) is 2.85. The quantitative estimate of drug-likeness (QED) is 0.783. The van der Waals surface area contributed by atoms with Crippen molar-refractivity contribution in [3.63, 3.8) is 0 Å². The highest BCUT2D eigenvalue weighted by Crippen LogP contribution is 2.17. The monoisotopic (exact) mass is 327 g/mol. The number of carbonyl (C=O) groups is 1. The SMILES string of the molecule is CCN(Cc1occc1C)C(=O)c1ccc2[nH]c(=O)n(CC)c2c1. The lowest BCUT2D eigenvalue weighted by Crippen LogP contribution is -2.30. The number of aryl methyl sites for hydroxylation is 2. The summed E-state index contributed by atoms with van der Waals surface area (Å²) in [5.41, 5.74) is 2.93. The number of furan rings is 1. The van der Waals surface area contributed by atoms with Crippen LogP contribution in [-0.2, 0) is 13.1 Å². The minimum Gasteiger partial charge on any atom is -0.467 e. The molecule has 6 heteroatoms. The molecule has 0 atom stereocenters. The van der Waals surface area contributed by atoms with E-state index in [-0.39, 0.29) is 11.6 Å². The molecule has 3 rings (SSSR count). The van der Waals surface area contributed by atoms with Gasteiger partial charge in [0.1, 0.15) is 5.76 Å². The number of amides is 1. The minimum atomic E-state index is -0.157. The zero-order valence-electron chi connectivity index (χ0n) is 14.1. The lowest BCUT2D eigenvalue weighted by Gasteiger charge is -2.20. The maximum Gasteiger partial charge on any atom is 0.326 e. The number of nitrogens with zero attached hydrogens (tertiary/aromatic N) is 2. The van der Waals surface area contributed by atoms with Gasteiger partial charge >= 0.3 is 5.69 Å². The van der Waals surface area contributed by atoms with Crippen LogP contribution in [0.25, 0.3) is 11.0 Å². The van der Waals surface area contributed by atoms with Crippen LogP contribution in [0, 0.1) is 6.92 Å². The number of carbonyl (C=O) groups excluding carboxylic acids is 1. The number of fused-ring (bicyclic) bond motifs is 1. The molecule has 0 radical (unpaired) electrons. The Hall–Kier alpha value is -2.76. The zero-order valence-corrected chi connectivity index (χ0v) is 14.1. The smallest absolute Gasteiger partial charge is 0.326 e. The van der Waals surface area contributed by atoms with Crippen molar-refractivity contribution < 1.29 is 9.21 Å². The first-order valence-electron chi connectivity index (χ1n) is 8.10. The lowest BCUT2D eigenvalue weighted by atomic mass is 10.1. The van der Waals surface area contributed by atoms with Gasteiger partial charge in [0.05, 0.1) is 23.8 Å². The highest BCUT2D eigenvalue weighted by Gasteiger charge is 2.18. The van der Waals surface area contributed by atoms with Crippen LogP contribution in [0.2, 0.25) is 0 Å². The number of H-pyrrole nitrogens is 1. The number of aromatic nitrogens is 2. The lowest BCUT2D eigenvalue weighted by molar-refractivity contribution is 0.0741. The molecule has 6 nitrogen and oxygen atoms in total. The molecule has 0 saturated heterocycles. The Bertz CT molecular complexity index is 933. The second-order valence-electron chi connectivity index (χ2n) is 5.75. The van der Waals surface area contributed by atoms with Crippen molar-refractivity contribution in [3.8, 4) is 0 Å². The molecule has 2 heterocycles. The van der Waals surface area contributed by atoms with E-state index < -0.39 is 0 Å². The first-order valence-corrected chi connectivity index (χ1v) is 8.10. The number of hydrogen-bond acceptors (Lipinski definition) is 3. The summed E-state index contributed by atoms with van der Waals surface area (Å²) >= 11 is 0. The molecule has 0 aliphatic heterocycles. The van der Waals surface area contributed by atoms with Crippen molar-refractivity contribution in [2.24, 2.45) is 0 Å². The van der Waals surface area contributed by atoms with Crippen molar-refractivity contribution in [1.29, 1.82) is 0 Å². The number of hydrogen-bond donors (Lipinski definition) is 1. The van der Waals surface area contributed by atoms with E-state index in [0.717, 1.165) is 22.4 Å². The maximum absolute atomic E-state index is 12.9. The van der Waals surface area contributed by atoms with Crippen molar-refractivity contribution >= 4 is 16.9 Å². The molecule has 24 heavy (non-hydrogen) atoms. The van der Waals surface area contributed by atoms with Gasteiger partial charge in [-0.25, -0.2) is 4.79 Å². The van der Waals surface area contributed by atoms with E-state index in [2.05, 4.69) is 4.98 Å². The van der Waals surface area contributed by atoms with Crippen molar-refractivity contribution in [3.05, 3.63) is 57.9 Å². The molecule has 126 valence electrons. The molecule has 0 bridgehead atoms. The van der Waals surface area contributed by atoms with Crippen LogP contribution in [0.1, 0.15) is 35.5 Å². The van der Waals surface area contributed by atoms with E-state index in [1.165, 1.54) is 0 Å². The number of benzene rings is 1. The van der Waals surface area contributed by atoms with Gasteiger partial charge in [-0.2, -0.15) is 0 Å². The molecule has 0 spiro atoms. The summed E-state index contributed by atoms with van der Waals surface area (Å²) in [5, 5.41) is 0. The topological polar surface area (TPSA) is 71.2 Å². The normalized spacial score (nSPS) is 11.1. The molecule has 0 aliphatic rings. The van der Waals surface area contributed by atoms with E-state index in [1.807, 2.05) is 26.8 Å². The average Bonchev–Trinajstić information content (AvgIpc) is 3.13. The van der Waals surface area contributed by atoms with Gasteiger partial charge in [-0.05, 0) is 50.6 Å². The molecular weight excluding hydrogens is 306 g/mol. The number of imidazole rings is 1. The van der Waals surface area contributed by atoms with Crippen LogP contribution in [0.3, 0.4) is 0 Å². The zero-order chi connectivity index (χ0) is 17.3. The molecule has 3 aromatic rings. The summed E-state index contributed by atoms with van der Waals surface area (Å²) < 4.78 is 7.07. The Labute approximate surface area is 139 Å². The van der Waals surface area contributed by atoms with E-state index in [1.54, 1.807) is 33.9 Å². The van der Waals surface area contributed by atoms with Gasteiger partial charge in [0, 0.05) is 18.7 Å². The van der Waals surface area contributed by atoms with Gasteiger partial charge in [0.2, 0.25) is 0 Å². The summed E-state index contributed by atoms with van der Waals surface area (Å²) in [7, 11) is 0. The predicted molar refractivity (Wildman–Crippen MR) is 92.1 cm³/mol. The fraction of sp³-hybridized carbons (Fsp3) is 0.333. The van der Waals surface area contributed by atoms with Crippen LogP contribution in [-0.4, -0.2) is 26.9 Å². The number of rotatable bonds is 5. The summed E-state index contributed by atoms with van der Waals surface area (Å²) in [4.78, 5) is 29.3. The second-order valence-corrected chi connectivity index (χ2v) is 5.75. The minimum absolute atomic E-state index is 0.0773. The Kier molecular flexibility index (Phi) is 4.29. The van der Waals surface area contributed by atoms with Crippen LogP contribution in [0.15, 0.2) is 39.7 Å². The molecular formula is C18H21N3O3. The van der Waals surface area contributed by atoms with E-state index in [4.69, 9.17) is 4.42 Å². The third-order valence-corrected chi connectivity index (χ3v) is 4.31. The molecule has 0 unspecified atom stereocenters. The van der Waals surface area contributed by atoms with Crippen LogP contribution < -0.4 is 5.69 Å². The van der Waals surface area contributed by atoms with Crippen molar-refractivity contribution in [2.75, 3.05) is 6.54 Å². The summed E-state index contributed by atoms with van der Waals surface area (Å²) in [6.07, 6.45) is 1.63. The molecule has 1 aromatic carbocycles. The van der Waals surface area contributed by atoms with Crippen LogP contribution in [0.5, 0.6) is 0 Å². The van der Waals surface area contributed by atoms with E-state index in [9.17, 15) is 9.59 Å². The summed E-state index contributed by atoms with van der Waals surface area (Å²) in [6, 6.07) is 7.19. The molecule has 1 amide bonds. The van der Waals surface area contributed by atoms with Crippen molar-refractivity contribution in [2.45, 2.75) is 33.9 Å². The van der Waals surface area contributed by atoms with E-state index >= 15 is 0 Å². The second kappa shape index (κ2) is 6.39. The third kappa shape index (κ3) is 2.75. The van der Waals surface area contributed by atoms with Crippen LogP contribution in [0.4, 0.5) is 0 Å². The van der Waals surface area contributed by atoms with Crippen LogP contribution >= 0.6 is 0 Å². The molecule has 1 N–H and O–H groups in total. The van der Waals surface area contributed by atoms with Gasteiger partial charge < -0.3 is 14.3 Å². The fourth-order valence-corrected chi connectivity index (χ4v) is 2.85.